The Balaban J connectivity index is 1.65. The van der Waals surface area contributed by atoms with Crippen LogP contribution in [0.2, 0.25) is 0 Å². The Morgan fingerprint density at radius 1 is 1.05 bits per heavy atom. The number of nitrogens with one attached hydrogen (secondary N) is 1. The molecule has 0 aliphatic heterocycles. The molecule has 0 saturated heterocycles. The average Bonchev–Trinajstić information content (AvgIpc) is 2.90. The Kier molecular flexibility index (Phi) is 9.89. The first-order valence-electron chi connectivity index (χ1n) is 14.4. The maximum absolute atomic E-state index is 13.4. The number of phenols is 1. The number of aliphatic hydroxyl groups is 1. The van der Waals surface area contributed by atoms with Gasteiger partial charge in [0.25, 0.3) is 0 Å². The lowest BCUT2D eigenvalue weighted by molar-refractivity contribution is -0.147. The minimum Gasteiger partial charge on any atom is -0.507 e. The zero-order chi connectivity index (χ0) is 29.7. The van der Waals surface area contributed by atoms with Crippen LogP contribution < -0.4 is 11.1 Å². The quantitative estimate of drug-likeness (QED) is 0.355. The Hall–Kier alpha value is -3.62. The molecule has 0 spiro atoms. The summed E-state index contributed by atoms with van der Waals surface area (Å²) in [6, 6.07) is 3.78. The van der Waals surface area contributed by atoms with Crippen LogP contribution in [0.3, 0.4) is 0 Å². The third-order valence-electron chi connectivity index (χ3n) is 8.36. The molecule has 1 aromatic rings. The average molecular weight is 561 g/mol. The Morgan fingerprint density at radius 3 is 2.46 bits per heavy atom. The van der Waals surface area contributed by atoms with Crippen LogP contribution in [-0.4, -0.2) is 52.7 Å². The van der Waals surface area contributed by atoms with Crippen molar-refractivity contribution in [1.29, 1.82) is 0 Å². The lowest BCUT2D eigenvalue weighted by Crippen LogP contribution is -2.48. The van der Waals surface area contributed by atoms with Crippen LogP contribution in [0.5, 0.6) is 5.75 Å². The molecular formula is C33H40N2O6. The number of amides is 1. The van der Waals surface area contributed by atoms with Gasteiger partial charge in [0.15, 0.2) is 23.3 Å². The van der Waals surface area contributed by atoms with Crippen molar-refractivity contribution < 1.29 is 29.4 Å². The van der Waals surface area contributed by atoms with Crippen LogP contribution in [0.15, 0.2) is 54.2 Å². The highest BCUT2D eigenvalue weighted by molar-refractivity contribution is 6.20. The summed E-state index contributed by atoms with van der Waals surface area (Å²) in [5.74, 6) is -5.47. The fourth-order valence-corrected chi connectivity index (χ4v) is 6.28. The smallest absolute Gasteiger partial charge is 0.235 e. The minimum atomic E-state index is -1.52. The van der Waals surface area contributed by atoms with E-state index in [4.69, 9.17) is 5.73 Å². The predicted octanol–water partition coefficient (Wildman–Crippen LogP) is 3.61. The topological polar surface area (TPSA) is 147 Å². The van der Waals surface area contributed by atoms with Crippen molar-refractivity contribution in [2.75, 3.05) is 13.2 Å². The molecule has 0 radical (unpaired) electrons. The number of aromatic hydroxyl groups is 1. The van der Waals surface area contributed by atoms with Gasteiger partial charge in [0.05, 0.1) is 12.2 Å². The number of ketones is 3. The summed E-state index contributed by atoms with van der Waals surface area (Å²) in [6.45, 7) is 4.48. The molecule has 8 heteroatoms. The summed E-state index contributed by atoms with van der Waals surface area (Å²) in [5.41, 5.74) is 9.51. The number of fused-ring (bicyclic) bond motifs is 1. The second-order valence-electron chi connectivity index (χ2n) is 11.7. The Labute approximate surface area is 241 Å². The Morgan fingerprint density at radius 2 is 1.78 bits per heavy atom. The molecule has 8 nitrogen and oxygen atoms in total. The number of allylic oxidation sites excluding steroid dienone is 7. The first-order chi connectivity index (χ1) is 19.6. The molecule has 4 atom stereocenters. The summed E-state index contributed by atoms with van der Waals surface area (Å²) in [6.07, 6.45) is 14.8. The molecule has 1 fully saturated rings. The third kappa shape index (κ3) is 7.00. The maximum atomic E-state index is 13.4. The van der Waals surface area contributed by atoms with Gasteiger partial charge in [-0.3, -0.25) is 19.2 Å². The van der Waals surface area contributed by atoms with E-state index in [0.29, 0.717) is 30.9 Å². The van der Waals surface area contributed by atoms with E-state index in [1.54, 1.807) is 6.07 Å². The van der Waals surface area contributed by atoms with E-state index in [1.807, 2.05) is 18.2 Å². The summed E-state index contributed by atoms with van der Waals surface area (Å²) in [4.78, 5) is 50.5. The number of phenolic OH excluding ortho intramolecular Hbond substituents is 1. The highest BCUT2D eigenvalue weighted by atomic mass is 16.3. The minimum absolute atomic E-state index is 0.0452. The molecule has 3 aliphatic carbocycles. The second kappa shape index (κ2) is 13.4. The molecule has 1 amide bonds. The van der Waals surface area contributed by atoms with E-state index in [9.17, 15) is 29.4 Å². The number of carbonyl (C=O) groups excluding carboxylic acids is 4. The molecule has 41 heavy (non-hydrogen) atoms. The Bertz CT molecular complexity index is 1340. The number of rotatable bonds is 8. The summed E-state index contributed by atoms with van der Waals surface area (Å²) in [5, 5.41) is 24.1. The second-order valence-corrected chi connectivity index (χ2v) is 11.7. The monoisotopic (exact) mass is 560 g/mol. The number of Topliss-reactive ketones (excluding diaryl/α,β-unsaturated/α-hetero) is 3. The predicted molar refractivity (Wildman–Crippen MR) is 157 cm³/mol. The van der Waals surface area contributed by atoms with Crippen molar-refractivity contribution in [2.24, 2.45) is 29.4 Å². The van der Waals surface area contributed by atoms with Gasteiger partial charge >= 0.3 is 0 Å². The van der Waals surface area contributed by atoms with Crippen LogP contribution in [0.25, 0.3) is 5.57 Å². The molecule has 1 saturated carbocycles. The number of primary amides is 1. The van der Waals surface area contributed by atoms with Gasteiger partial charge in [-0.1, -0.05) is 61.9 Å². The molecule has 1 aromatic carbocycles. The van der Waals surface area contributed by atoms with Gasteiger partial charge in [0.2, 0.25) is 5.91 Å². The van der Waals surface area contributed by atoms with E-state index in [2.05, 4.69) is 43.5 Å². The lowest BCUT2D eigenvalue weighted by Gasteiger charge is -2.35. The largest absolute Gasteiger partial charge is 0.507 e. The zero-order valence-electron chi connectivity index (χ0n) is 23.8. The van der Waals surface area contributed by atoms with Gasteiger partial charge in [-0.25, -0.2) is 0 Å². The molecule has 5 N–H and O–H groups in total. The molecule has 218 valence electrons. The van der Waals surface area contributed by atoms with E-state index in [0.717, 1.165) is 29.7 Å². The molecule has 0 aromatic heterocycles. The van der Waals surface area contributed by atoms with Gasteiger partial charge < -0.3 is 21.3 Å². The van der Waals surface area contributed by atoms with Crippen molar-refractivity contribution >= 4 is 28.8 Å². The van der Waals surface area contributed by atoms with Crippen molar-refractivity contribution in [3.8, 4) is 5.75 Å². The number of benzene rings is 1. The van der Waals surface area contributed by atoms with Crippen LogP contribution in [0, 0.1) is 23.7 Å². The first kappa shape index (κ1) is 30.3. The van der Waals surface area contributed by atoms with Crippen LogP contribution in [0.4, 0.5) is 0 Å². The van der Waals surface area contributed by atoms with E-state index in [-0.39, 0.29) is 30.3 Å². The highest BCUT2D eigenvalue weighted by Gasteiger charge is 2.46. The summed E-state index contributed by atoms with van der Waals surface area (Å²) in [7, 11) is 0. The molecule has 4 unspecified atom stereocenters. The molecule has 0 heterocycles. The van der Waals surface area contributed by atoms with Crippen molar-refractivity contribution in [1.82, 2.24) is 5.32 Å². The molecule has 4 rings (SSSR count). The number of hydrogen-bond acceptors (Lipinski definition) is 7. The van der Waals surface area contributed by atoms with Gasteiger partial charge in [0, 0.05) is 31.3 Å². The van der Waals surface area contributed by atoms with Crippen molar-refractivity contribution in [3.05, 3.63) is 70.9 Å². The molecule has 3 aliphatic rings. The number of hydrogen-bond donors (Lipinski definition) is 4. The molecular weight excluding hydrogens is 520 g/mol. The van der Waals surface area contributed by atoms with Crippen LogP contribution in [0.1, 0.15) is 67.4 Å². The maximum Gasteiger partial charge on any atom is 0.235 e. The number of nitrogens with two attached hydrogens (primary N) is 1. The number of aliphatic hydroxyl groups excluding tert-OH is 1. The van der Waals surface area contributed by atoms with Crippen LogP contribution >= 0.6 is 0 Å². The first-order valence-corrected chi connectivity index (χ1v) is 14.4. The van der Waals surface area contributed by atoms with Gasteiger partial charge in [0.1, 0.15) is 5.75 Å². The zero-order valence-corrected chi connectivity index (χ0v) is 23.8. The fraction of sp³-hybridized carbons (Fsp3) is 0.455. The third-order valence-corrected chi connectivity index (χ3v) is 8.36. The van der Waals surface area contributed by atoms with Crippen molar-refractivity contribution in [3.63, 3.8) is 0 Å². The highest BCUT2D eigenvalue weighted by Crippen LogP contribution is 2.42. The SMILES string of the molecule is CC(C)NCC1=CC=C(c2ccc(O)c3c2CC(CC2CC(=O)C(C(N)=O)C(=O)C2CO)CC3=O)CC=CC=CC1. The van der Waals surface area contributed by atoms with E-state index in [1.165, 1.54) is 5.57 Å². The van der Waals surface area contributed by atoms with Gasteiger partial charge in [-0.2, -0.15) is 0 Å². The lowest BCUT2D eigenvalue weighted by atomic mass is 9.67. The van der Waals surface area contributed by atoms with Gasteiger partial charge in [-0.15, -0.1) is 0 Å². The number of carbonyl (C=O) groups is 4. The van der Waals surface area contributed by atoms with Crippen molar-refractivity contribution in [2.45, 2.75) is 58.4 Å². The van der Waals surface area contributed by atoms with Gasteiger partial charge in [-0.05, 0) is 60.3 Å². The standard InChI is InChI=1S/C33H40N2O6/c1-19(2)35-17-20-7-5-3-4-6-8-22(10-9-20)24-11-12-27(37)30-25(24)14-21(15-28(30)38)13-23-16-29(39)31(33(34)41)32(40)26(23)18-36/h3-6,9-12,19,21,23,26,31,35-37H,7-8,13-18H2,1-2H3,(H2,34,41). The molecule has 0 bridgehead atoms. The fourth-order valence-electron chi connectivity index (χ4n) is 6.28. The van der Waals surface area contributed by atoms with E-state index >= 15 is 0 Å². The summed E-state index contributed by atoms with van der Waals surface area (Å²) >= 11 is 0. The summed E-state index contributed by atoms with van der Waals surface area (Å²) < 4.78 is 0. The van der Waals surface area contributed by atoms with Crippen LogP contribution in [-0.2, 0) is 20.8 Å². The normalized spacial score (nSPS) is 25.1. The van der Waals surface area contributed by atoms with E-state index < -0.39 is 41.8 Å².